The SMILES string of the molecule is CCc1ccc(-n2c(SCC(=O)NC(C)(C#N)C(C)C)nc3ccccc3c2=O)cc1. The van der Waals surface area contributed by atoms with Crippen molar-refractivity contribution in [3.8, 4) is 11.8 Å². The van der Waals surface area contributed by atoms with Crippen molar-refractivity contribution in [1.29, 1.82) is 5.26 Å². The number of carbonyl (C=O) groups excluding carboxylic acids is 1. The molecule has 0 aliphatic carbocycles. The van der Waals surface area contributed by atoms with Crippen LogP contribution in [-0.2, 0) is 11.2 Å². The molecule has 0 aliphatic rings. The second kappa shape index (κ2) is 9.36. The molecule has 1 N–H and O–H groups in total. The molecular weight excluding hydrogens is 408 g/mol. The minimum atomic E-state index is -0.954. The van der Waals surface area contributed by atoms with Crippen molar-refractivity contribution >= 4 is 28.6 Å². The van der Waals surface area contributed by atoms with Gasteiger partial charge in [0.1, 0.15) is 5.54 Å². The number of aryl methyl sites for hydroxylation is 1. The van der Waals surface area contributed by atoms with Crippen LogP contribution < -0.4 is 10.9 Å². The van der Waals surface area contributed by atoms with E-state index in [0.717, 1.165) is 6.42 Å². The van der Waals surface area contributed by atoms with E-state index in [9.17, 15) is 14.9 Å². The fraction of sp³-hybridized carbons (Fsp3) is 0.333. The van der Waals surface area contributed by atoms with E-state index >= 15 is 0 Å². The first-order chi connectivity index (χ1) is 14.8. The predicted octanol–water partition coefficient (Wildman–Crippen LogP) is 4.09. The van der Waals surface area contributed by atoms with Gasteiger partial charge in [0, 0.05) is 0 Å². The van der Waals surface area contributed by atoms with Gasteiger partial charge < -0.3 is 5.32 Å². The van der Waals surface area contributed by atoms with Gasteiger partial charge in [-0.2, -0.15) is 5.26 Å². The van der Waals surface area contributed by atoms with E-state index < -0.39 is 5.54 Å². The highest BCUT2D eigenvalue weighted by molar-refractivity contribution is 7.99. The Hall–Kier alpha value is -3.11. The van der Waals surface area contributed by atoms with Crippen molar-refractivity contribution in [1.82, 2.24) is 14.9 Å². The number of nitrogens with one attached hydrogen (secondary N) is 1. The van der Waals surface area contributed by atoms with Crippen LogP contribution in [0.25, 0.3) is 16.6 Å². The molecule has 7 heteroatoms. The standard InChI is InChI=1S/C24H26N4O2S/c1-5-17-10-12-18(13-11-17)28-22(30)19-8-6-7-9-20(19)26-23(28)31-14-21(29)27-24(4,15-25)16(2)3/h6-13,16H,5,14H2,1-4H3,(H,27,29). The van der Waals surface area contributed by atoms with Crippen LogP contribution in [0.3, 0.4) is 0 Å². The van der Waals surface area contributed by atoms with Crippen LogP contribution in [0.2, 0.25) is 0 Å². The fourth-order valence-electron chi connectivity index (χ4n) is 3.07. The lowest BCUT2D eigenvalue weighted by Crippen LogP contribution is -2.49. The van der Waals surface area contributed by atoms with Crippen molar-refractivity contribution in [2.75, 3.05) is 5.75 Å². The number of hydrogen-bond donors (Lipinski definition) is 1. The second-order valence-electron chi connectivity index (χ2n) is 7.88. The van der Waals surface area contributed by atoms with Crippen molar-refractivity contribution in [3.63, 3.8) is 0 Å². The van der Waals surface area contributed by atoms with Crippen LogP contribution in [0, 0.1) is 17.2 Å². The zero-order valence-corrected chi connectivity index (χ0v) is 19.0. The summed E-state index contributed by atoms with van der Waals surface area (Å²) >= 11 is 1.18. The molecule has 0 fully saturated rings. The lowest BCUT2D eigenvalue weighted by molar-refractivity contribution is -0.120. The summed E-state index contributed by atoms with van der Waals surface area (Å²) in [5.41, 5.74) is 1.32. The summed E-state index contributed by atoms with van der Waals surface area (Å²) in [7, 11) is 0. The van der Waals surface area contributed by atoms with Crippen LogP contribution in [0.15, 0.2) is 58.5 Å². The van der Waals surface area contributed by atoms with Gasteiger partial charge in [-0.15, -0.1) is 0 Å². The van der Waals surface area contributed by atoms with E-state index in [4.69, 9.17) is 0 Å². The summed E-state index contributed by atoms with van der Waals surface area (Å²) in [6, 6.07) is 17.1. The molecule has 1 aromatic heterocycles. The van der Waals surface area contributed by atoms with Crippen LogP contribution in [0.4, 0.5) is 0 Å². The molecular formula is C24H26N4O2S. The molecule has 1 atom stereocenters. The number of fused-ring (bicyclic) bond motifs is 1. The molecule has 1 amide bonds. The Morgan fingerprint density at radius 2 is 1.90 bits per heavy atom. The topological polar surface area (TPSA) is 87.8 Å². The lowest BCUT2D eigenvalue weighted by Gasteiger charge is -2.27. The number of rotatable bonds is 7. The maximum absolute atomic E-state index is 13.3. The average molecular weight is 435 g/mol. The first kappa shape index (κ1) is 22.6. The molecule has 1 heterocycles. The summed E-state index contributed by atoms with van der Waals surface area (Å²) in [5, 5.41) is 13.2. The molecule has 1 unspecified atom stereocenters. The summed E-state index contributed by atoms with van der Waals surface area (Å²) < 4.78 is 1.55. The molecule has 6 nitrogen and oxygen atoms in total. The zero-order chi connectivity index (χ0) is 22.6. The third-order valence-electron chi connectivity index (χ3n) is 5.47. The minimum Gasteiger partial charge on any atom is -0.337 e. The molecule has 0 bridgehead atoms. The van der Waals surface area contributed by atoms with E-state index in [-0.39, 0.29) is 23.1 Å². The molecule has 0 aliphatic heterocycles. The Labute approximate surface area is 186 Å². The number of nitrogens with zero attached hydrogens (tertiary/aromatic N) is 3. The van der Waals surface area contributed by atoms with Gasteiger partial charge >= 0.3 is 0 Å². The molecule has 31 heavy (non-hydrogen) atoms. The summed E-state index contributed by atoms with van der Waals surface area (Å²) in [5.74, 6) is -0.277. The summed E-state index contributed by atoms with van der Waals surface area (Å²) in [4.78, 5) is 30.5. The highest BCUT2D eigenvalue weighted by atomic mass is 32.2. The fourth-order valence-corrected chi connectivity index (χ4v) is 3.89. The van der Waals surface area contributed by atoms with Gasteiger partial charge in [0.15, 0.2) is 5.16 Å². The number of nitriles is 1. The number of amides is 1. The van der Waals surface area contributed by atoms with E-state index in [1.165, 1.54) is 17.3 Å². The Morgan fingerprint density at radius 1 is 1.23 bits per heavy atom. The summed E-state index contributed by atoms with van der Waals surface area (Å²) in [6.07, 6.45) is 0.903. The van der Waals surface area contributed by atoms with Crippen molar-refractivity contribution < 1.29 is 4.79 Å². The molecule has 0 spiro atoms. The molecule has 2 aromatic carbocycles. The highest BCUT2D eigenvalue weighted by Crippen LogP contribution is 2.22. The molecule has 0 radical (unpaired) electrons. The molecule has 160 valence electrons. The Bertz CT molecular complexity index is 1190. The van der Waals surface area contributed by atoms with Gasteiger partial charge in [-0.05, 0) is 49.1 Å². The van der Waals surface area contributed by atoms with Crippen LogP contribution in [0.5, 0.6) is 0 Å². The van der Waals surface area contributed by atoms with Gasteiger partial charge in [0.25, 0.3) is 5.56 Å². The Balaban J connectivity index is 1.98. The number of hydrogen-bond acceptors (Lipinski definition) is 5. The van der Waals surface area contributed by atoms with E-state index in [2.05, 4.69) is 23.3 Å². The number of benzene rings is 2. The van der Waals surface area contributed by atoms with Crippen molar-refractivity contribution in [3.05, 3.63) is 64.4 Å². The maximum atomic E-state index is 13.3. The van der Waals surface area contributed by atoms with E-state index in [1.54, 1.807) is 23.6 Å². The van der Waals surface area contributed by atoms with Gasteiger partial charge in [-0.3, -0.25) is 14.2 Å². The zero-order valence-electron chi connectivity index (χ0n) is 18.2. The average Bonchev–Trinajstić information content (AvgIpc) is 2.77. The van der Waals surface area contributed by atoms with Crippen LogP contribution >= 0.6 is 11.8 Å². The smallest absolute Gasteiger partial charge is 0.266 e. The van der Waals surface area contributed by atoms with Crippen LogP contribution in [-0.4, -0.2) is 26.8 Å². The largest absolute Gasteiger partial charge is 0.337 e. The van der Waals surface area contributed by atoms with Gasteiger partial charge in [-0.25, -0.2) is 4.98 Å². The molecule has 0 saturated carbocycles. The van der Waals surface area contributed by atoms with E-state index in [0.29, 0.717) is 21.7 Å². The quantitative estimate of drug-likeness (QED) is 0.447. The molecule has 3 rings (SSSR count). The lowest BCUT2D eigenvalue weighted by atomic mass is 9.90. The number of thioether (sulfide) groups is 1. The monoisotopic (exact) mass is 434 g/mol. The molecule has 3 aromatic rings. The summed E-state index contributed by atoms with van der Waals surface area (Å²) in [6.45, 7) is 7.56. The first-order valence-electron chi connectivity index (χ1n) is 10.2. The highest BCUT2D eigenvalue weighted by Gasteiger charge is 2.30. The molecule has 0 saturated heterocycles. The third-order valence-corrected chi connectivity index (χ3v) is 6.40. The Kier molecular flexibility index (Phi) is 6.81. The van der Waals surface area contributed by atoms with Crippen LogP contribution in [0.1, 0.15) is 33.3 Å². The van der Waals surface area contributed by atoms with Gasteiger partial charge in [0.05, 0.1) is 28.4 Å². The predicted molar refractivity (Wildman–Crippen MR) is 124 cm³/mol. The van der Waals surface area contributed by atoms with Crippen molar-refractivity contribution in [2.24, 2.45) is 5.92 Å². The third kappa shape index (κ3) is 4.80. The van der Waals surface area contributed by atoms with Gasteiger partial charge in [0.2, 0.25) is 5.91 Å². The Morgan fingerprint density at radius 3 is 2.52 bits per heavy atom. The normalized spacial score (nSPS) is 13.0. The van der Waals surface area contributed by atoms with Crippen molar-refractivity contribution in [2.45, 2.75) is 44.8 Å². The van der Waals surface area contributed by atoms with Gasteiger partial charge in [-0.1, -0.05) is 56.8 Å². The number of carbonyl (C=O) groups is 1. The maximum Gasteiger partial charge on any atom is 0.266 e. The minimum absolute atomic E-state index is 0.0412. The second-order valence-corrected chi connectivity index (χ2v) is 8.82. The van der Waals surface area contributed by atoms with E-state index in [1.807, 2.05) is 50.2 Å². The number of aromatic nitrogens is 2. The number of para-hydroxylation sites is 1. The first-order valence-corrected chi connectivity index (χ1v) is 11.2.